The molecule has 2 aromatic rings. The molecule has 100 valence electrons. The second-order valence-electron chi connectivity index (χ2n) is 4.02. The normalized spacial score (nSPS) is 10.3. The van der Waals surface area contributed by atoms with E-state index >= 15 is 0 Å². The number of alkyl halides is 1. The van der Waals surface area contributed by atoms with E-state index < -0.39 is 0 Å². The average Bonchev–Trinajstić information content (AvgIpc) is 2.46. The summed E-state index contributed by atoms with van der Waals surface area (Å²) in [7, 11) is 1.66. The van der Waals surface area contributed by atoms with Gasteiger partial charge in [0.05, 0.1) is 7.11 Å². The molecule has 0 saturated carbocycles. The van der Waals surface area contributed by atoms with Gasteiger partial charge in [0.1, 0.15) is 18.1 Å². The van der Waals surface area contributed by atoms with Gasteiger partial charge in [0.2, 0.25) is 0 Å². The van der Waals surface area contributed by atoms with E-state index in [1.165, 1.54) is 3.57 Å². The van der Waals surface area contributed by atoms with E-state index in [1.807, 2.05) is 18.2 Å². The molecule has 0 radical (unpaired) electrons. The van der Waals surface area contributed by atoms with Crippen LogP contribution >= 0.6 is 38.5 Å². The molecule has 0 aliphatic rings. The first-order valence-electron chi connectivity index (χ1n) is 5.83. The zero-order chi connectivity index (χ0) is 13.7. The number of hydrogen-bond acceptors (Lipinski definition) is 2. The molecule has 0 aromatic heterocycles. The molecule has 0 aliphatic carbocycles. The molecule has 2 rings (SSSR count). The van der Waals surface area contributed by atoms with Crippen LogP contribution in [0.15, 0.2) is 42.5 Å². The largest absolute Gasteiger partial charge is 0.497 e. The number of ether oxygens (including phenoxy) is 2. The summed E-state index contributed by atoms with van der Waals surface area (Å²) < 4.78 is 12.3. The van der Waals surface area contributed by atoms with Crippen LogP contribution in [-0.2, 0) is 11.9 Å². The molecule has 0 unspecified atom stereocenters. The van der Waals surface area contributed by atoms with Crippen LogP contribution in [0.5, 0.6) is 11.5 Å². The first-order valence-corrected chi connectivity index (χ1v) is 8.03. The third-order valence-corrected chi connectivity index (χ3v) is 4.05. The smallest absolute Gasteiger partial charge is 0.127 e. The fraction of sp³-hybridized carbons (Fsp3) is 0.200. The lowest BCUT2D eigenvalue weighted by Crippen LogP contribution is -1.98. The highest BCUT2D eigenvalue weighted by Crippen LogP contribution is 2.27. The Bertz CT molecular complexity index is 540. The molecule has 0 N–H and O–H groups in total. The Labute approximate surface area is 135 Å². The molecule has 2 nitrogen and oxygen atoms in total. The Morgan fingerprint density at radius 1 is 1.11 bits per heavy atom. The van der Waals surface area contributed by atoms with Crippen molar-refractivity contribution in [3.8, 4) is 11.5 Å². The van der Waals surface area contributed by atoms with Crippen molar-refractivity contribution in [3.05, 3.63) is 57.2 Å². The van der Waals surface area contributed by atoms with E-state index in [9.17, 15) is 0 Å². The van der Waals surface area contributed by atoms with Crippen molar-refractivity contribution < 1.29 is 9.47 Å². The predicted molar refractivity (Wildman–Crippen MR) is 89.1 cm³/mol. The second-order valence-corrected chi connectivity index (χ2v) is 5.83. The maximum absolute atomic E-state index is 5.88. The first kappa shape index (κ1) is 14.7. The van der Waals surface area contributed by atoms with Crippen molar-refractivity contribution in [2.24, 2.45) is 0 Å². The average molecular weight is 433 g/mol. The number of rotatable bonds is 5. The molecule has 0 bridgehead atoms. The highest BCUT2D eigenvalue weighted by molar-refractivity contribution is 14.1. The summed E-state index contributed by atoms with van der Waals surface area (Å²) in [6.45, 7) is 0.560. The Morgan fingerprint density at radius 3 is 2.47 bits per heavy atom. The molecular weight excluding hydrogens is 419 g/mol. The summed E-state index contributed by atoms with van der Waals surface area (Å²) in [6.07, 6.45) is 0. The van der Waals surface area contributed by atoms with Gasteiger partial charge in [0.15, 0.2) is 0 Å². The molecule has 0 heterocycles. The van der Waals surface area contributed by atoms with Gasteiger partial charge in [-0.05, 0) is 46.4 Å². The summed E-state index contributed by atoms with van der Waals surface area (Å²) in [5.74, 6) is 1.66. The van der Waals surface area contributed by atoms with Crippen LogP contribution in [0.2, 0.25) is 0 Å². The third kappa shape index (κ3) is 4.11. The summed E-state index contributed by atoms with van der Waals surface area (Å²) in [5, 5.41) is 0.763. The Kier molecular flexibility index (Phi) is 5.51. The minimum atomic E-state index is 0.560. The van der Waals surface area contributed by atoms with Gasteiger partial charge in [-0.3, -0.25) is 0 Å². The zero-order valence-corrected chi connectivity index (χ0v) is 14.3. The molecule has 0 spiro atoms. The van der Waals surface area contributed by atoms with Crippen molar-refractivity contribution in [1.29, 1.82) is 0 Å². The van der Waals surface area contributed by atoms with Crippen molar-refractivity contribution in [1.82, 2.24) is 0 Å². The lowest BCUT2D eigenvalue weighted by molar-refractivity contribution is 0.301. The number of hydrogen-bond donors (Lipinski definition) is 0. The van der Waals surface area contributed by atoms with E-state index in [4.69, 9.17) is 9.47 Å². The van der Waals surface area contributed by atoms with Crippen LogP contribution in [0.3, 0.4) is 0 Å². The van der Waals surface area contributed by atoms with Crippen LogP contribution < -0.4 is 9.47 Å². The molecular formula is C15H14BrIO2. The minimum Gasteiger partial charge on any atom is -0.497 e. The van der Waals surface area contributed by atoms with Gasteiger partial charge in [0.25, 0.3) is 0 Å². The lowest BCUT2D eigenvalue weighted by atomic mass is 10.2. The molecule has 0 aliphatic heterocycles. The van der Waals surface area contributed by atoms with Crippen molar-refractivity contribution in [2.45, 2.75) is 11.9 Å². The molecule has 0 fully saturated rings. The minimum absolute atomic E-state index is 0.560. The van der Waals surface area contributed by atoms with Crippen LogP contribution in [0.1, 0.15) is 11.1 Å². The Balaban J connectivity index is 2.11. The first-order chi connectivity index (χ1) is 9.22. The van der Waals surface area contributed by atoms with Gasteiger partial charge < -0.3 is 9.47 Å². The zero-order valence-electron chi connectivity index (χ0n) is 10.5. The topological polar surface area (TPSA) is 18.5 Å². The maximum atomic E-state index is 5.88. The van der Waals surface area contributed by atoms with Gasteiger partial charge in [-0.15, -0.1) is 0 Å². The second kappa shape index (κ2) is 7.14. The third-order valence-electron chi connectivity index (χ3n) is 2.73. The fourth-order valence-corrected chi connectivity index (χ4v) is 2.47. The van der Waals surface area contributed by atoms with Gasteiger partial charge in [-0.25, -0.2) is 0 Å². The van der Waals surface area contributed by atoms with Crippen LogP contribution in [0.25, 0.3) is 0 Å². The van der Waals surface area contributed by atoms with Crippen LogP contribution in [0.4, 0.5) is 0 Å². The summed E-state index contributed by atoms with van der Waals surface area (Å²) in [4.78, 5) is 0. The Hall–Kier alpha value is -0.750. The van der Waals surface area contributed by atoms with Gasteiger partial charge in [-0.1, -0.05) is 34.1 Å². The maximum Gasteiger partial charge on any atom is 0.127 e. The number of methoxy groups -OCH3 is 1. The van der Waals surface area contributed by atoms with Crippen molar-refractivity contribution >= 4 is 38.5 Å². The van der Waals surface area contributed by atoms with E-state index in [1.54, 1.807) is 7.11 Å². The summed E-state index contributed by atoms with van der Waals surface area (Å²) in [5.41, 5.74) is 2.27. The van der Waals surface area contributed by atoms with Gasteiger partial charge in [0, 0.05) is 20.5 Å². The summed E-state index contributed by atoms with van der Waals surface area (Å²) >= 11 is 5.76. The SMILES string of the molecule is COc1ccc(CBr)c(OCc2ccc(I)cc2)c1. The van der Waals surface area contributed by atoms with E-state index in [2.05, 4.69) is 62.8 Å². The molecule has 19 heavy (non-hydrogen) atoms. The lowest BCUT2D eigenvalue weighted by Gasteiger charge is -2.11. The summed E-state index contributed by atoms with van der Waals surface area (Å²) in [6, 6.07) is 14.2. The number of halogens is 2. The molecule has 0 saturated heterocycles. The van der Waals surface area contributed by atoms with Crippen molar-refractivity contribution in [2.75, 3.05) is 7.11 Å². The predicted octanol–water partition coefficient (Wildman–Crippen LogP) is 4.77. The molecule has 4 heteroatoms. The highest BCUT2D eigenvalue weighted by atomic mass is 127. The molecule has 2 aromatic carbocycles. The van der Waals surface area contributed by atoms with E-state index in [0.29, 0.717) is 6.61 Å². The van der Waals surface area contributed by atoms with Gasteiger partial charge in [-0.2, -0.15) is 0 Å². The quantitative estimate of drug-likeness (QED) is 0.500. The standard InChI is InChI=1S/C15H14BrIO2/c1-18-14-7-4-12(9-16)15(8-14)19-10-11-2-5-13(17)6-3-11/h2-8H,9-10H2,1H3. The molecule has 0 atom stereocenters. The van der Waals surface area contributed by atoms with Crippen LogP contribution in [0, 0.1) is 3.57 Å². The Morgan fingerprint density at radius 2 is 1.84 bits per heavy atom. The monoisotopic (exact) mass is 432 g/mol. The highest BCUT2D eigenvalue weighted by Gasteiger charge is 2.05. The van der Waals surface area contributed by atoms with Gasteiger partial charge >= 0.3 is 0 Å². The van der Waals surface area contributed by atoms with Crippen molar-refractivity contribution in [3.63, 3.8) is 0 Å². The van der Waals surface area contributed by atoms with E-state index in [0.717, 1.165) is 28.0 Å². The van der Waals surface area contributed by atoms with Crippen LogP contribution in [-0.4, -0.2) is 7.11 Å². The van der Waals surface area contributed by atoms with E-state index in [-0.39, 0.29) is 0 Å². The number of benzene rings is 2. The molecule has 0 amide bonds. The fourth-order valence-electron chi connectivity index (χ4n) is 1.65.